The third-order valence-corrected chi connectivity index (χ3v) is 6.45. The summed E-state index contributed by atoms with van der Waals surface area (Å²) in [7, 11) is 1.86. The van der Waals surface area contributed by atoms with Gasteiger partial charge in [0.05, 0.1) is 0 Å². The van der Waals surface area contributed by atoms with Gasteiger partial charge in [-0.05, 0) is 30.0 Å². The van der Waals surface area contributed by atoms with E-state index in [4.69, 9.17) is 0 Å². The molecule has 32 heavy (non-hydrogen) atoms. The Kier molecular flexibility index (Phi) is 10.0. The molecule has 0 amide bonds. The van der Waals surface area contributed by atoms with Crippen molar-refractivity contribution in [3.63, 3.8) is 0 Å². The normalized spacial score (nSPS) is 16.8. The summed E-state index contributed by atoms with van der Waals surface area (Å²) in [5.74, 6) is 1.86. The fraction of sp³-hybridized carbons (Fsp3) is 0.519. The summed E-state index contributed by atoms with van der Waals surface area (Å²) in [5, 5.41) is 7.06. The smallest absolute Gasteiger partial charge is 0.190 e. The number of guanidine groups is 1. The van der Waals surface area contributed by atoms with Crippen LogP contribution in [0, 0.1) is 5.92 Å². The maximum Gasteiger partial charge on any atom is 0.190 e. The zero-order valence-corrected chi connectivity index (χ0v) is 20.1. The molecule has 1 atom stereocenters. The van der Waals surface area contributed by atoms with Crippen LogP contribution in [0.15, 0.2) is 65.7 Å². The van der Waals surface area contributed by atoms with E-state index in [2.05, 4.69) is 99.9 Å². The second kappa shape index (κ2) is 13.2. The Labute approximate surface area is 194 Å². The summed E-state index contributed by atoms with van der Waals surface area (Å²) in [6.07, 6.45) is 1.02. The molecule has 1 saturated heterocycles. The quantitative estimate of drug-likeness (QED) is 0.442. The average molecular weight is 436 g/mol. The minimum atomic E-state index is 0.378. The Balaban J connectivity index is 1.44. The summed E-state index contributed by atoms with van der Waals surface area (Å²) in [6, 6.07) is 21.6. The molecule has 1 unspecified atom stereocenters. The van der Waals surface area contributed by atoms with Crippen LogP contribution in [0.5, 0.6) is 0 Å². The molecule has 5 nitrogen and oxygen atoms in total. The highest BCUT2D eigenvalue weighted by molar-refractivity contribution is 5.79. The van der Waals surface area contributed by atoms with E-state index in [1.165, 1.54) is 43.9 Å². The van der Waals surface area contributed by atoms with Crippen molar-refractivity contribution in [3.8, 4) is 0 Å². The van der Waals surface area contributed by atoms with E-state index in [1.807, 2.05) is 7.05 Å². The van der Waals surface area contributed by atoms with Crippen LogP contribution < -0.4 is 10.6 Å². The molecule has 1 aliphatic rings. The molecule has 1 aliphatic heterocycles. The summed E-state index contributed by atoms with van der Waals surface area (Å²) < 4.78 is 0. The van der Waals surface area contributed by atoms with Gasteiger partial charge in [-0.3, -0.25) is 4.99 Å². The fourth-order valence-electron chi connectivity index (χ4n) is 4.52. The van der Waals surface area contributed by atoms with Crippen LogP contribution in [0.2, 0.25) is 0 Å². The maximum atomic E-state index is 4.44. The van der Waals surface area contributed by atoms with Crippen molar-refractivity contribution in [2.75, 3.05) is 59.4 Å². The lowest BCUT2D eigenvalue weighted by molar-refractivity contribution is 0.124. The van der Waals surface area contributed by atoms with Gasteiger partial charge < -0.3 is 20.4 Å². The Morgan fingerprint density at radius 2 is 1.44 bits per heavy atom. The third-order valence-electron chi connectivity index (χ3n) is 6.45. The molecular weight excluding hydrogens is 394 g/mol. The van der Waals surface area contributed by atoms with Crippen molar-refractivity contribution < 1.29 is 0 Å². The van der Waals surface area contributed by atoms with Crippen LogP contribution in [0.25, 0.3) is 0 Å². The van der Waals surface area contributed by atoms with Crippen LogP contribution >= 0.6 is 0 Å². The summed E-state index contributed by atoms with van der Waals surface area (Å²) in [6.45, 7) is 13.5. The fourth-order valence-corrected chi connectivity index (χ4v) is 4.52. The first-order valence-electron chi connectivity index (χ1n) is 12.2. The Bertz CT molecular complexity index is 745. The molecule has 0 aliphatic carbocycles. The second-order valence-corrected chi connectivity index (χ2v) is 8.88. The van der Waals surface area contributed by atoms with E-state index < -0.39 is 0 Å². The van der Waals surface area contributed by atoms with Crippen LogP contribution in [-0.2, 0) is 0 Å². The third kappa shape index (κ3) is 7.64. The molecule has 0 bridgehead atoms. The standard InChI is InChI=1S/C27H41N5/c1-4-31-17-19-32(20-18-31)22-23(2)21-30-27(28-3)29-16-15-26(24-11-7-5-8-12-24)25-13-9-6-10-14-25/h5-14,23,26H,4,15-22H2,1-3H3,(H2,28,29,30). The van der Waals surface area contributed by atoms with Gasteiger partial charge in [0.2, 0.25) is 0 Å². The minimum absolute atomic E-state index is 0.378. The number of piperazine rings is 1. The van der Waals surface area contributed by atoms with Gasteiger partial charge in [0.25, 0.3) is 0 Å². The molecule has 174 valence electrons. The zero-order chi connectivity index (χ0) is 22.6. The van der Waals surface area contributed by atoms with E-state index in [1.54, 1.807) is 0 Å². The number of rotatable bonds is 10. The number of nitrogens with zero attached hydrogens (tertiary/aromatic N) is 3. The molecule has 2 aromatic carbocycles. The maximum absolute atomic E-state index is 4.44. The van der Waals surface area contributed by atoms with Gasteiger partial charge in [-0.15, -0.1) is 0 Å². The molecule has 1 fully saturated rings. The van der Waals surface area contributed by atoms with E-state index >= 15 is 0 Å². The average Bonchev–Trinajstić information content (AvgIpc) is 2.85. The first-order valence-corrected chi connectivity index (χ1v) is 12.2. The minimum Gasteiger partial charge on any atom is -0.356 e. The van der Waals surface area contributed by atoms with Crippen molar-refractivity contribution in [1.82, 2.24) is 20.4 Å². The van der Waals surface area contributed by atoms with Crippen LogP contribution in [0.3, 0.4) is 0 Å². The first kappa shape index (κ1) is 24.3. The van der Waals surface area contributed by atoms with Gasteiger partial charge in [-0.2, -0.15) is 0 Å². The molecule has 2 aromatic rings. The first-order chi connectivity index (χ1) is 15.7. The SMILES string of the molecule is CCN1CCN(CC(C)CNC(=NC)NCCC(c2ccccc2)c2ccccc2)CC1. The van der Waals surface area contributed by atoms with Gasteiger partial charge in [0, 0.05) is 58.8 Å². The number of hydrogen-bond acceptors (Lipinski definition) is 3. The molecule has 5 heteroatoms. The molecule has 1 heterocycles. The molecular formula is C27H41N5. The predicted octanol–water partition coefficient (Wildman–Crippen LogP) is 3.65. The summed E-state index contributed by atoms with van der Waals surface area (Å²) >= 11 is 0. The lowest BCUT2D eigenvalue weighted by Gasteiger charge is -2.35. The number of hydrogen-bond donors (Lipinski definition) is 2. The highest BCUT2D eigenvalue weighted by atomic mass is 15.3. The highest BCUT2D eigenvalue weighted by Gasteiger charge is 2.18. The zero-order valence-electron chi connectivity index (χ0n) is 20.1. The predicted molar refractivity (Wildman–Crippen MR) is 136 cm³/mol. The van der Waals surface area contributed by atoms with Gasteiger partial charge in [0.1, 0.15) is 0 Å². The number of likely N-dealkylation sites (N-methyl/N-ethyl adjacent to an activating group) is 1. The highest BCUT2D eigenvalue weighted by Crippen LogP contribution is 2.27. The Hall–Kier alpha value is -2.37. The lowest BCUT2D eigenvalue weighted by atomic mass is 9.88. The monoisotopic (exact) mass is 435 g/mol. The van der Waals surface area contributed by atoms with Crippen LogP contribution in [0.1, 0.15) is 37.3 Å². The van der Waals surface area contributed by atoms with Crippen LogP contribution in [-0.4, -0.2) is 75.2 Å². The lowest BCUT2D eigenvalue weighted by Crippen LogP contribution is -2.48. The molecule has 0 saturated carbocycles. The number of aliphatic imine (C=N–C) groups is 1. The largest absolute Gasteiger partial charge is 0.356 e. The van der Waals surface area contributed by atoms with Gasteiger partial charge in [-0.25, -0.2) is 0 Å². The van der Waals surface area contributed by atoms with E-state index in [-0.39, 0.29) is 0 Å². The Morgan fingerprint density at radius 3 is 1.97 bits per heavy atom. The number of benzene rings is 2. The van der Waals surface area contributed by atoms with Crippen molar-refractivity contribution in [3.05, 3.63) is 71.8 Å². The number of nitrogens with one attached hydrogen (secondary N) is 2. The van der Waals surface area contributed by atoms with Crippen molar-refractivity contribution in [2.45, 2.75) is 26.2 Å². The molecule has 3 rings (SSSR count). The van der Waals surface area contributed by atoms with Crippen LogP contribution in [0.4, 0.5) is 0 Å². The topological polar surface area (TPSA) is 42.9 Å². The molecule has 2 N–H and O–H groups in total. The van der Waals surface area contributed by atoms with Crippen molar-refractivity contribution >= 4 is 5.96 Å². The second-order valence-electron chi connectivity index (χ2n) is 8.88. The molecule has 0 radical (unpaired) electrons. The van der Waals surface area contributed by atoms with Gasteiger partial charge in [-0.1, -0.05) is 74.5 Å². The van der Waals surface area contributed by atoms with Crippen molar-refractivity contribution in [2.24, 2.45) is 10.9 Å². The summed E-state index contributed by atoms with van der Waals surface area (Å²) in [4.78, 5) is 9.57. The molecule has 0 aromatic heterocycles. The van der Waals surface area contributed by atoms with E-state index in [0.717, 1.165) is 32.0 Å². The van der Waals surface area contributed by atoms with Gasteiger partial charge in [0.15, 0.2) is 5.96 Å². The van der Waals surface area contributed by atoms with Crippen molar-refractivity contribution in [1.29, 1.82) is 0 Å². The van der Waals surface area contributed by atoms with E-state index in [9.17, 15) is 0 Å². The summed E-state index contributed by atoms with van der Waals surface area (Å²) in [5.41, 5.74) is 2.72. The van der Waals surface area contributed by atoms with E-state index in [0.29, 0.717) is 11.8 Å². The Morgan fingerprint density at radius 1 is 0.875 bits per heavy atom. The van der Waals surface area contributed by atoms with Gasteiger partial charge >= 0.3 is 0 Å². The molecule has 0 spiro atoms.